The number of aryl methyl sites for hydroxylation is 1. The summed E-state index contributed by atoms with van der Waals surface area (Å²) in [5.41, 5.74) is 1.48. The Kier molecular flexibility index (Phi) is 4.85. The second-order valence-corrected chi connectivity index (χ2v) is 8.41. The lowest BCUT2D eigenvalue weighted by atomic mass is 10.2. The van der Waals surface area contributed by atoms with Crippen molar-refractivity contribution in [3.63, 3.8) is 0 Å². The lowest BCUT2D eigenvalue weighted by Gasteiger charge is -2.09. The second-order valence-electron chi connectivity index (χ2n) is 4.30. The van der Waals surface area contributed by atoms with Gasteiger partial charge in [0.25, 0.3) is 10.0 Å². The number of hydrogen-bond donors (Lipinski definition) is 2. The molecule has 0 unspecified atom stereocenters. The van der Waals surface area contributed by atoms with Gasteiger partial charge in [0.05, 0.1) is 9.47 Å². The lowest BCUT2D eigenvalue weighted by Crippen LogP contribution is -2.13. The van der Waals surface area contributed by atoms with Crippen LogP contribution in [0.5, 0.6) is 0 Å². The van der Waals surface area contributed by atoms with Crippen LogP contribution in [-0.4, -0.2) is 15.5 Å². The average Bonchev–Trinajstić information content (AvgIpc) is 2.74. The van der Waals surface area contributed by atoms with Crippen LogP contribution < -0.4 is 10.0 Å². The molecule has 0 aliphatic rings. The zero-order chi connectivity index (χ0) is 14.8. The van der Waals surface area contributed by atoms with Gasteiger partial charge in [0.2, 0.25) is 0 Å². The number of benzene rings is 1. The highest BCUT2D eigenvalue weighted by atomic mass is 79.9. The van der Waals surface area contributed by atoms with Crippen LogP contribution in [0.4, 0.5) is 5.69 Å². The molecular weight excluding hydrogens is 360 g/mol. The Morgan fingerprint density at radius 3 is 2.65 bits per heavy atom. The van der Waals surface area contributed by atoms with Crippen molar-refractivity contribution < 1.29 is 8.42 Å². The Morgan fingerprint density at radius 2 is 2.00 bits per heavy atom. The van der Waals surface area contributed by atoms with Crippen LogP contribution in [0.15, 0.2) is 39.0 Å². The molecule has 0 spiro atoms. The van der Waals surface area contributed by atoms with Crippen molar-refractivity contribution in [1.29, 1.82) is 0 Å². The van der Waals surface area contributed by atoms with E-state index >= 15 is 0 Å². The van der Waals surface area contributed by atoms with Crippen molar-refractivity contribution in [2.75, 3.05) is 11.8 Å². The third-order valence-electron chi connectivity index (χ3n) is 2.74. The van der Waals surface area contributed by atoms with Crippen LogP contribution >= 0.6 is 27.3 Å². The highest BCUT2D eigenvalue weighted by Gasteiger charge is 2.21. The van der Waals surface area contributed by atoms with Gasteiger partial charge in [-0.25, -0.2) is 8.42 Å². The molecule has 0 saturated carbocycles. The number of para-hydroxylation sites is 1. The predicted molar refractivity (Wildman–Crippen MR) is 86.8 cm³/mol. The van der Waals surface area contributed by atoms with Crippen molar-refractivity contribution in [3.05, 3.63) is 44.6 Å². The van der Waals surface area contributed by atoms with Crippen molar-refractivity contribution in [3.8, 4) is 0 Å². The molecule has 0 amide bonds. The highest BCUT2D eigenvalue weighted by Crippen LogP contribution is 2.33. The molecule has 2 rings (SSSR count). The normalized spacial score (nSPS) is 11.6. The molecule has 0 aliphatic heterocycles. The van der Waals surface area contributed by atoms with Gasteiger partial charge in [-0.1, -0.05) is 18.2 Å². The Bertz CT molecular complexity index is 711. The molecule has 1 heterocycles. The molecule has 0 bridgehead atoms. The summed E-state index contributed by atoms with van der Waals surface area (Å²) in [5.74, 6) is 0. The molecule has 108 valence electrons. The van der Waals surface area contributed by atoms with Gasteiger partial charge >= 0.3 is 0 Å². The van der Waals surface area contributed by atoms with Crippen LogP contribution in [0.2, 0.25) is 0 Å². The van der Waals surface area contributed by atoms with E-state index in [1.807, 2.05) is 26.1 Å². The largest absolute Gasteiger partial charge is 0.315 e. The van der Waals surface area contributed by atoms with E-state index in [9.17, 15) is 8.42 Å². The SMILES string of the molecule is CNCc1cc(S(=O)(=O)Nc2ccccc2C)c(Br)s1. The maximum atomic E-state index is 12.4. The number of nitrogens with one attached hydrogen (secondary N) is 2. The van der Waals surface area contributed by atoms with E-state index in [0.717, 1.165) is 10.4 Å². The predicted octanol–water partition coefficient (Wildman–Crippen LogP) is 3.34. The summed E-state index contributed by atoms with van der Waals surface area (Å²) in [7, 11) is -1.75. The minimum absolute atomic E-state index is 0.274. The van der Waals surface area contributed by atoms with E-state index in [1.54, 1.807) is 18.2 Å². The number of halogens is 1. The average molecular weight is 375 g/mol. The summed E-state index contributed by atoms with van der Waals surface area (Å²) < 4.78 is 28.1. The standard InChI is InChI=1S/C13H15BrN2O2S2/c1-9-5-3-4-6-11(9)16-20(17,18)12-7-10(8-15-2)19-13(12)14/h3-7,15-16H,8H2,1-2H3. The summed E-state index contributed by atoms with van der Waals surface area (Å²) >= 11 is 4.74. The van der Waals surface area contributed by atoms with Gasteiger partial charge in [0, 0.05) is 11.4 Å². The maximum Gasteiger partial charge on any atom is 0.263 e. The fourth-order valence-electron chi connectivity index (χ4n) is 1.73. The molecule has 2 aromatic rings. The zero-order valence-electron chi connectivity index (χ0n) is 11.1. The smallest absolute Gasteiger partial charge is 0.263 e. The first-order valence-electron chi connectivity index (χ1n) is 5.95. The Hall–Kier alpha value is -0.890. The summed E-state index contributed by atoms with van der Waals surface area (Å²) in [6, 6.07) is 8.99. The van der Waals surface area contributed by atoms with Crippen LogP contribution in [0.25, 0.3) is 0 Å². The van der Waals surface area contributed by atoms with Crippen LogP contribution in [-0.2, 0) is 16.6 Å². The molecule has 2 N–H and O–H groups in total. The first kappa shape index (κ1) is 15.5. The molecular formula is C13H15BrN2O2S2. The lowest BCUT2D eigenvalue weighted by molar-refractivity contribution is 0.601. The minimum Gasteiger partial charge on any atom is -0.315 e. The van der Waals surface area contributed by atoms with Gasteiger partial charge in [-0.3, -0.25) is 4.72 Å². The van der Waals surface area contributed by atoms with Gasteiger partial charge in [-0.15, -0.1) is 11.3 Å². The van der Waals surface area contributed by atoms with Gasteiger partial charge in [0.1, 0.15) is 4.90 Å². The number of thiophene rings is 1. The van der Waals surface area contributed by atoms with Crippen molar-refractivity contribution >= 4 is 43.0 Å². The molecule has 0 fully saturated rings. The van der Waals surface area contributed by atoms with E-state index in [2.05, 4.69) is 26.0 Å². The molecule has 20 heavy (non-hydrogen) atoms. The van der Waals surface area contributed by atoms with Gasteiger partial charge < -0.3 is 5.32 Å². The minimum atomic E-state index is -3.58. The van der Waals surface area contributed by atoms with E-state index in [4.69, 9.17) is 0 Å². The van der Waals surface area contributed by atoms with Crippen LogP contribution in [0.1, 0.15) is 10.4 Å². The quantitative estimate of drug-likeness (QED) is 0.843. The fraction of sp³-hybridized carbons (Fsp3) is 0.231. The summed E-state index contributed by atoms with van der Waals surface area (Å²) in [4.78, 5) is 1.24. The summed E-state index contributed by atoms with van der Waals surface area (Å²) in [6.07, 6.45) is 0. The molecule has 0 radical (unpaired) electrons. The summed E-state index contributed by atoms with van der Waals surface area (Å²) in [5, 5.41) is 3.01. The molecule has 7 heteroatoms. The number of anilines is 1. The molecule has 0 aliphatic carbocycles. The third kappa shape index (κ3) is 3.41. The van der Waals surface area contributed by atoms with E-state index in [1.165, 1.54) is 11.3 Å². The first-order valence-corrected chi connectivity index (χ1v) is 9.04. The van der Waals surface area contributed by atoms with E-state index in [0.29, 0.717) is 16.0 Å². The molecule has 1 aromatic heterocycles. The van der Waals surface area contributed by atoms with Crippen molar-refractivity contribution in [1.82, 2.24) is 5.32 Å². The first-order chi connectivity index (χ1) is 9.44. The van der Waals surface area contributed by atoms with Crippen LogP contribution in [0, 0.1) is 6.92 Å². The van der Waals surface area contributed by atoms with Gasteiger partial charge in [-0.05, 0) is 47.6 Å². The number of rotatable bonds is 5. The second kappa shape index (κ2) is 6.26. The molecule has 4 nitrogen and oxygen atoms in total. The molecule has 0 saturated heterocycles. The van der Waals surface area contributed by atoms with Crippen LogP contribution in [0.3, 0.4) is 0 Å². The van der Waals surface area contributed by atoms with Gasteiger partial charge in [0.15, 0.2) is 0 Å². The number of sulfonamides is 1. The monoisotopic (exact) mass is 374 g/mol. The topological polar surface area (TPSA) is 58.2 Å². The Labute approximate surface area is 131 Å². The zero-order valence-corrected chi connectivity index (χ0v) is 14.3. The van der Waals surface area contributed by atoms with E-state index in [-0.39, 0.29) is 4.90 Å². The van der Waals surface area contributed by atoms with E-state index < -0.39 is 10.0 Å². The molecule has 0 atom stereocenters. The highest BCUT2D eigenvalue weighted by molar-refractivity contribution is 9.11. The number of hydrogen-bond acceptors (Lipinski definition) is 4. The third-order valence-corrected chi connectivity index (χ3v) is 6.35. The fourth-order valence-corrected chi connectivity index (χ4v) is 5.56. The summed E-state index contributed by atoms with van der Waals surface area (Å²) in [6.45, 7) is 2.51. The molecule has 1 aromatic carbocycles. The Morgan fingerprint density at radius 1 is 1.30 bits per heavy atom. The van der Waals surface area contributed by atoms with Crippen molar-refractivity contribution in [2.45, 2.75) is 18.4 Å². The van der Waals surface area contributed by atoms with Crippen molar-refractivity contribution in [2.24, 2.45) is 0 Å². The maximum absolute atomic E-state index is 12.4. The Balaban J connectivity index is 2.33. The van der Waals surface area contributed by atoms with Gasteiger partial charge in [-0.2, -0.15) is 0 Å².